The Bertz CT molecular complexity index is 866. The molecule has 0 unspecified atom stereocenters. The van der Waals surface area contributed by atoms with Crippen molar-refractivity contribution in [3.63, 3.8) is 0 Å². The number of piperidine rings is 1. The highest BCUT2D eigenvalue weighted by molar-refractivity contribution is 5.71. The van der Waals surface area contributed by atoms with E-state index in [9.17, 15) is 9.59 Å². The van der Waals surface area contributed by atoms with E-state index in [4.69, 9.17) is 0 Å². The maximum absolute atomic E-state index is 12.6. The lowest BCUT2D eigenvalue weighted by Crippen LogP contribution is -2.39. The number of nitrogens with zero attached hydrogens (tertiary/aromatic N) is 5. The first-order valence-corrected chi connectivity index (χ1v) is 8.70. The van der Waals surface area contributed by atoms with Gasteiger partial charge in [0.1, 0.15) is 5.82 Å². The Hall–Kier alpha value is -1.89. The van der Waals surface area contributed by atoms with Crippen LogP contribution in [0.1, 0.15) is 33.0 Å². The fraction of sp³-hybridized carbons (Fsp3) is 0.706. The number of aryl methyl sites for hydroxylation is 2. The highest BCUT2D eigenvalue weighted by Gasteiger charge is 2.25. The SMILES string of the molecule is CCn1c(CN2C[C@H](C)C[C@H](C)C2)nc2c1c(=O)n(C)c(=O)n2C. The first kappa shape index (κ1) is 17.0. The second-order valence-corrected chi connectivity index (χ2v) is 7.29. The monoisotopic (exact) mass is 333 g/mol. The standard InChI is InChI=1S/C17H27N5O2/c1-6-22-13(10-21-8-11(2)7-12(3)9-21)18-15-14(22)16(23)20(5)17(24)19(15)4/h11-12H,6-10H2,1-5H3/t11-,12+. The maximum atomic E-state index is 12.6. The van der Waals surface area contributed by atoms with E-state index in [0.29, 0.717) is 36.1 Å². The summed E-state index contributed by atoms with van der Waals surface area (Å²) < 4.78 is 4.58. The van der Waals surface area contributed by atoms with Crippen molar-refractivity contribution in [1.29, 1.82) is 0 Å². The highest BCUT2D eigenvalue weighted by atomic mass is 16.2. The zero-order valence-electron chi connectivity index (χ0n) is 15.2. The van der Waals surface area contributed by atoms with Crippen molar-refractivity contribution in [2.45, 2.75) is 40.3 Å². The van der Waals surface area contributed by atoms with Crippen LogP contribution in [0.5, 0.6) is 0 Å². The predicted octanol–water partition coefficient (Wildman–Crippen LogP) is 0.932. The fourth-order valence-corrected chi connectivity index (χ4v) is 4.07. The molecule has 0 spiro atoms. The maximum Gasteiger partial charge on any atom is 0.332 e. The zero-order chi connectivity index (χ0) is 17.6. The van der Waals surface area contributed by atoms with Gasteiger partial charge >= 0.3 is 5.69 Å². The van der Waals surface area contributed by atoms with Crippen LogP contribution in [0.4, 0.5) is 0 Å². The second kappa shape index (κ2) is 6.20. The van der Waals surface area contributed by atoms with E-state index in [1.807, 2.05) is 11.5 Å². The lowest BCUT2D eigenvalue weighted by Gasteiger charge is -2.34. The van der Waals surface area contributed by atoms with Crippen molar-refractivity contribution >= 4 is 11.2 Å². The molecule has 0 bridgehead atoms. The minimum absolute atomic E-state index is 0.269. The highest BCUT2D eigenvalue weighted by Crippen LogP contribution is 2.23. The van der Waals surface area contributed by atoms with Gasteiger partial charge in [0, 0.05) is 33.7 Å². The summed E-state index contributed by atoms with van der Waals surface area (Å²) in [4.78, 5) is 31.8. The van der Waals surface area contributed by atoms with Crippen LogP contribution in [0.15, 0.2) is 9.59 Å². The molecule has 2 atom stereocenters. The zero-order valence-corrected chi connectivity index (χ0v) is 15.2. The van der Waals surface area contributed by atoms with Gasteiger partial charge in [-0.2, -0.15) is 0 Å². The van der Waals surface area contributed by atoms with Crippen molar-refractivity contribution in [3.05, 3.63) is 26.7 Å². The topological polar surface area (TPSA) is 65.1 Å². The van der Waals surface area contributed by atoms with E-state index in [-0.39, 0.29) is 11.2 Å². The molecule has 0 saturated carbocycles. The summed E-state index contributed by atoms with van der Waals surface area (Å²) in [5, 5.41) is 0. The van der Waals surface area contributed by atoms with Crippen LogP contribution in [0, 0.1) is 11.8 Å². The van der Waals surface area contributed by atoms with Gasteiger partial charge in [0.2, 0.25) is 0 Å². The molecule has 1 saturated heterocycles. The van der Waals surface area contributed by atoms with Gasteiger partial charge in [0.25, 0.3) is 5.56 Å². The molecular weight excluding hydrogens is 306 g/mol. The molecule has 2 aromatic heterocycles. The minimum Gasteiger partial charge on any atom is -0.321 e. The summed E-state index contributed by atoms with van der Waals surface area (Å²) in [6.07, 6.45) is 1.26. The Kier molecular flexibility index (Phi) is 4.38. The number of imidazole rings is 1. The summed E-state index contributed by atoms with van der Waals surface area (Å²) in [7, 11) is 3.19. The molecule has 2 aromatic rings. The van der Waals surface area contributed by atoms with Gasteiger partial charge in [-0.15, -0.1) is 0 Å². The molecule has 0 amide bonds. The van der Waals surface area contributed by atoms with E-state index < -0.39 is 0 Å². The number of hydrogen-bond acceptors (Lipinski definition) is 4. The van der Waals surface area contributed by atoms with Crippen molar-refractivity contribution in [3.8, 4) is 0 Å². The van der Waals surface area contributed by atoms with Crippen molar-refractivity contribution in [1.82, 2.24) is 23.6 Å². The number of rotatable bonds is 3. The van der Waals surface area contributed by atoms with Crippen molar-refractivity contribution in [2.24, 2.45) is 25.9 Å². The summed E-state index contributed by atoms with van der Waals surface area (Å²) >= 11 is 0. The first-order valence-electron chi connectivity index (χ1n) is 8.70. The minimum atomic E-state index is -0.333. The Balaban J connectivity index is 2.09. The number of aromatic nitrogens is 4. The fourth-order valence-electron chi connectivity index (χ4n) is 4.07. The van der Waals surface area contributed by atoms with E-state index in [1.165, 1.54) is 18.0 Å². The summed E-state index contributed by atoms with van der Waals surface area (Å²) in [5.41, 5.74) is 0.405. The third-order valence-electron chi connectivity index (χ3n) is 5.05. The van der Waals surface area contributed by atoms with Crippen LogP contribution in [-0.2, 0) is 27.2 Å². The molecule has 3 rings (SSSR count). The normalized spacial score (nSPS) is 22.4. The molecule has 3 heterocycles. The largest absolute Gasteiger partial charge is 0.332 e. The quantitative estimate of drug-likeness (QED) is 0.838. The molecule has 0 aromatic carbocycles. The number of likely N-dealkylation sites (tertiary alicyclic amines) is 1. The van der Waals surface area contributed by atoms with Gasteiger partial charge in [0.15, 0.2) is 11.2 Å². The van der Waals surface area contributed by atoms with Gasteiger partial charge in [-0.3, -0.25) is 18.8 Å². The molecule has 0 N–H and O–H groups in total. The Morgan fingerprint density at radius 2 is 1.71 bits per heavy atom. The first-order chi connectivity index (χ1) is 11.3. The van der Waals surface area contributed by atoms with E-state index in [2.05, 4.69) is 23.7 Å². The molecule has 0 radical (unpaired) electrons. The van der Waals surface area contributed by atoms with Crippen LogP contribution in [0.2, 0.25) is 0 Å². The van der Waals surface area contributed by atoms with E-state index in [0.717, 1.165) is 23.5 Å². The van der Waals surface area contributed by atoms with Gasteiger partial charge in [-0.1, -0.05) is 13.8 Å². The second-order valence-electron chi connectivity index (χ2n) is 7.29. The third kappa shape index (κ3) is 2.70. The van der Waals surface area contributed by atoms with E-state index >= 15 is 0 Å². The average Bonchev–Trinajstić information content (AvgIpc) is 2.88. The Labute approximate surface area is 141 Å². The van der Waals surface area contributed by atoms with Crippen molar-refractivity contribution in [2.75, 3.05) is 13.1 Å². The van der Waals surface area contributed by atoms with Crippen molar-refractivity contribution < 1.29 is 0 Å². The lowest BCUT2D eigenvalue weighted by molar-refractivity contribution is 0.130. The molecule has 1 aliphatic rings. The molecule has 1 fully saturated rings. The smallest absolute Gasteiger partial charge is 0.321 e. The molecule has 7 nitrogen and oxygen atoms in total. The predicted molar refractivity (Wildman–Crippen MR) is 94.1 cm³/mol. The number of fused-ring (bicyclic) bond motifs is 1. The Morgan fingerprint density at radius 3 is 2.29 bits per heavy atom. The van der Waals surface area contributed by atoms with Crippen LogP contribution < -0.4 is 11.2 Å². The third-order valence-corrected chi connectivity index (χ3v) is 5.05. The van der Waals surface area contributed by atoms with E-state index in [1.54, 1.807) is 7.05 Å². The van der Waals surface area contributed by atoms with Gasteiger partial charge in [-0.05, 0) is 25.2 Å². The van der Waals surface area contributed by atoms with Crippen LogP contribution >= 0.6 is 0 Å². The lowest BCUT2D eigenvalue weighted by atomic mass is 9.92. The molecule has 1 aliphatic heterocycles. The van der Waals surface area contributed by atoms with Crippen LogP contribution in [0.25, 0.3) is 11.2 Å². The molecule has 24 heavy (non-hydrogen) atoms. The molecule has 0 aliphatic carbocycles. The molecular formula is C17H27N5O2. The van der Waals surface area contributed by atoms with Gasteiger partial charge in [-0.25, -0.2) is 9.78 Å². The number of hydrogen-bond donors (Lipinski definition) is 0. The molecule has 7 heteroatoms. The Morgan fingerprint density at radius 1 is 1.08 bits per heavy atom. The summed E-state index contributed by atoms with van der Waals surface area (Å²) in [6.45, 7) is 10.1. The molecule has 132 valence electrons. The van der Waals surface area contributed by atoms with Crippen LogP contribution in [0.3, 0.4) is 0 Å². The average molecular weight is 333 g/mol. The van der Waals surface area contributed by atoms with Gasteiger partial charge in [0.05, 0.1) is 6.54 Å². The summed E-state index contributed by atoms with van der Waals surface area (Å²) in [6, 6.07) is 0. The van der Waals surface area contributed by atoms with Gasteiger partial charge < -0.3 is 4.57 Å². The summed E-state index contributed by atoms with van der Waals surface area (Å²) in [5.74, 6) is 2.21. The van der Waals surface area contributed by atoms with Crippen LogP contribution in [-0.4, -0.2) is 36.7 Å².